The highest BCUT2D eigenvalue weighted by Crippen LogP contribution is 2.41. The second-order valence-corrected chi connectivity index (χ2v) is 50.7. The lowest BCUT2D eigenvalue weighted by atomic mass is 10.2. The number of H-pyrrole nitrogens is 3. The Balaban J connectivity index is 0.000000268. The van der Waals surface area contributed by atoms with Crippen molar-refractivity contribution in [2.24, 2.45) is 0 Å². The second kappa shape index (κ2) is 58.6. The fraction of sp³-hybridized carbons (Fsp3) is 0.671. The zero-order valence-electron chi connectivity index (χ0n) is 75.4. The Kier molecular flexibility index (Phi) is 51.7. The van der Waals surface area contributed by atoms with Gasteiger partial charge in [-0.2, -0.15) is 9.97 Å². The van der Waals surface area contributed by atoms with E-state index in [-0.39, 0.29) is 105 Å². The minimum absolute atomic E-state index is 0.0217. The van der Waals surface area contributed by atoms with Crippen LogP contribution in [0.5, 0.6) is 0 Å². The van der Waals surface area contributed by atoms with Crippen LogP contribution in [0.25, 0.3) is 0 Å². The largest absolute Gasteiger partial charge is 0.463 e. The van der Waals surface area contributed by atoms with Crippen molar-refractivity contribution in [3.8, 4) is 0 Å². The first kappa shape index (κ1) is 116. The lowest BCUT2D eigenvalue weighted by Gasteiger charge is -2.36. The van der Waals surface area contributed by atoms with Crippen LogP contribution in [0.1, 0.15) is 107 Å². The van der Waals surface area contributed by atoms with Gasteiger partial charge in [0.25, 0.3) is 16.7 Å². The molecule has 5 aromatic rings. The van der Waals surface area contributed by atoms with Gasteiger partial charge >= 0.3 is 52.3 Å². The molecular weight excluding hydrogens is 1950 g/mol. The second-order valence-electron chi connectivity index (χ2n) is 30.6. The number of aliphatic hydroxyl groups is 5. The van der Waals surface area contributed by atoms with E-state index in [2.05, 4.69) is 107 Å². The molecule has 0 bridgehead atoms. The van der Waals surface area contributed by atoms with Crippen molar-refractivity contribution in [3.63, 3.8) is 0 Å². The third-order valence-electron chi connectivity index (χ3n) is 18.7. The van der Waals surface area contributed by atoms with Crippen molar-refractivity contribution in [2.75, 3.05) is 123 Å². The molecule has 0 aliphatic carbocycles. The normalized spacial score (nSPS) is 24.8. The summed E-state index contributed by atoms with van der Waals surface area (Å²) in [5, 5.41) is 44.6. The Morgan fingerprint density at radius 1 is 0.455 bits per heavy atom. The number of nitrogens with two attached hydrogens (primary N) is 2. The lowest BCUT2D eigenvalue weighted by molar-refractivity contribution is -0.283. The SMILES string of the molecule is CC(C)(C)[Si](C)(C)OCC1OC(n2ccc(=O)[nH]c2=O)CS1.CC(C)(C)[Si](C)(C)OCC1OC(n2ccc(N)nc2=O)CS1.CCOC(=O)C1OC(O)CS1.CCOC(=O)C1OC(OC(C)=O)CS1.CCOC(=O)C1OC(n2ccc(=O)[nH]c2=O)CS1.CCOOCC=O.Nc1ccn(C2CSC(CO)O2)c(=O)n1.O=c1ccn(C2CSC(CO)O2)c(=O)[nH]1.OC1CSC(O)CS1. The maximum atomic E-state index is 11.8. The molecule has 13 heterocycles. The summed E-state index contributed by atoms with van der Waals surface area (Å²) in [5.41, 5.74) is 4.02. The third-order valence-corrected chi connectivity index (χ3v) is 37.9. The molecule has 8 aliphatic rings. The van der Waals surface area contributed by atoms with Crippen LogP contribution in [0, 0.1) is 0 Å². The predicted molar refractivity (Wildman–Crippen MR) is 509 cm³/mol. The number of carbonyl (C=O) groups excluding carboxylic acids is 5. The van der Waals surface area contributed by atoms with Crippen LogP contribution in [0.15, 0.2) is 99.7 Å². The number of aldehydes is 1. The summed E-state index contributed by atoms with van der Waals surface area (Å²) in [6.07, 6.45) is 4.55. The van der Waals surface area contributed by atoms with E-state index >= 15 is 0 Å². The first-order valence-electron chi connectivity index (χ1n) is 41.0. The molecule has 45 nitrogen and oxygen atoms in total. The van der Waals surface area contributed by atoms with Crippen molar-refractivity contribution >= 4 is 164 Å². The van der Waals surface area contributed by atoms with Crippen LogP contribution in [-0.4, -0.2) is 293 Å². The van der Waals surface area contributed by atoms with E-state index in [1.54, 1.807) is 75.7 Å². The molecule has 16 atom stereocenters. The number of aromatic nitrogens is 10. The number of esters is 4. The van der Waals surface area contributed by atoms with Gasteiger partial charge in [-0.25, -0.2) is 48.1 Å². The number of carbonyl (C=O) groups is 5. The summed E-state index contributed by atoms with van der Waals surface area (Å²) in [5.74, 6) is 3.94. The Hall–Kier alpha value is -6.11. The maximum Gasteiger partial charge on any atom is 0.351 e. The zero-order valence-corrected chi connectivity index (χ0v) is 84.8. The van der Waals surface area contributed by atoms with Crippen molar-refractivity contribution in [1.29, 1.82) is 0 Å². The van der Waals surface area contributed by atoms with E-state index in [1.165, 1.54) is 149 Å². The molecule has 8 saturated heterocycles. The minimum atomic E-state index is -1.80. The lowest BCUT2D eigenvalue weighted by Crippen LogP contribution is -2.42. The van der Waals surface area contributed by atoms with Crippen LogP contribution in [0.4, 0.5) is 11.6 Å². The summed E-state index contributed by atoms with van der Waals surface area (Å²) in [4.78, 5) is 167. The average Bonchev–Trinajstić information content (AvgIpc) is 1.81. The summed E-state index contributed by atoms with van der Waals surface area (Å²) in [6, 6.07) is 6.97. The number of anilines is 2. The molecule has 5 aromatic heterocycles. The molecule has 0 spiro atoms. The number of rotatable bonds is 24. The molecule has 13 rings (SSSR count). The molecule has 0 radical (unpaired) electrons. The van der Waals surface area contributed by atoms with E-state index < -0.39 is 121 Å². The van der Waals surface area contributed by atoms with Crippen LogP contribution in [-0.2, 0) is 94.7 Å². The van der Waals surface area contributed by atoms with Crippen LogP contribution < -0.4 is 56.6 Å². The molecule has 8 fully saturated rings. The van der Waals surface area contributed by atoms with Crippen molar-refractivity contribution in [2.45, 2.75) is 205 Å². The highest BCUT2D eigenvalue weighted by atomic mass is 32.2. The van der Waals surface area contributed by atoms with Gasteiger partial charge < -0.3 is 103 Å². The first-order valence-corrected chi connectivity index (χ1v) is 56.2. The number of hydrogen-bond donors (Lipinski definition) is 10. The van der Waals surface area contributed by atoms with Crippen LogP contribution in [0.2, 0.25) is 36.3 Å². The number of nitrogen functional groups attached to an aromatic ring is 2. The molecule has 8 aliphatic heterocycles. The molecule has 12 N–H and O–H groups in total. The number of aliphatic hydroxyl groups excluding tert-OH is 5. The Morgan fingerprint density at radius 2 is 0.788 bits per heavy atom. The Bertz CT molecular complexity index is 4880. The fourth-order valence-electron chi connectivity index (χ4n) is 10.2. The molecule has 0 saturated carbocycles. The van der Waals surface area contributed by atoms with Gasteiger partial charge in [0.05, 0.1) is 58.6 Å². The number of hydrogen-bond acceptors (Lipinski definition) is 46. The number of nitrogens with one attached hydrogen (secondary N) is 3. The molecule has 0 amide bonds. The highest BCUT2D eigenvalue weighted by molar-refractivity contribution is 8.07. The van der Waals surface area contributed by atoms with E-state index in [9.17, 15) is 62.3 Å². The fourth-order valence-corrected chi connectivity index (χ4v) is 21.0. The minimum Gasteiger partial charge on any atom is -0.463 e. The van der Waals surface area contributed by atoms with Gasteiger partial charge in [-0.1, -0.05) is 41.5 Å². The zero-order chi connectivity index (χ0) is 98.2. The van der Waals surface area contributed by atoms with Gasteiger partial charge in [-0.05, 0) is 76.1 Å². The maximum absolute atomic E-state index is 11.8. The van der Waals surface area contributed by atoms with Gasteiger partial charge in [-0.15, -0.1) is 106 Å². The Morgan fingerprint density at radius 3 is 1.11 bits per heavy atom. The first-order chi connectivity index (χ1) is 62.3. The van der Waals surface area contributed by atoms with E-state index in [0.717, 1.165) is 0 Å². The van der Waals surface area contributed by atoms with E-state index in [0.29, 0.717) is 91.1 Å². The van der Waals surface area contributed by atoms with Gasteiger partial charge in [0.2, 0.25) is 22.6 Å². The van der Waals surface area contributed by atoms with Crippen molar-refractivity contribution in [1.82, 2.24) is 47.8 Å². The number of ether oxygens (including phenoxy) is 11. The van der Waals surface area contributed by atoms with Crippen LogP contribution in [0.3, 0.4) is 0 Å². The topological polar surface area (TPSA) is 611 Å². The van der Waals surface area contributed by atoms with Gasteiger partial charge in [0.15, 0.2) is 22.9 Å². The smallest absolute Gasteiger partial charge is 0.351 e. The molecule has 16 unspecified atom stereocenters. The molecule has 132 heavy (non-hydrogen) atoms. The number of nitrogens with zero attached hydrogens (tertiary/aromatic N) is 7. The van der Waals surface area contributed by atoms with Gasteiger partial charge in [0, 0.05) is 102 Å². The monoisotopic (exact) mass is 2070 g/mol. The molecule has 744 valence electrons. The summed E-state index contributed by atoms with van der Waals surface area (Å²) < 4.78 is 76.2. The Labute approximate surface area is 799 Å². The van der Waals surface area contributed by atoms with Gasteiger partial charge in [-0.3, -0.25) is 57.0 Å². The summed E-state index contributed by atoms with van der Waals surface area (Å²) in [6.45, 7) is 32.7. The average molecular weight is 2070 g/mol. The quantitative estimate of drug-likeness (QED) is 0.00803. The number of thioether (sulfide) groups is 9. The predicted octanol–water partition coefficient (Wildman–Crippen LogP) is 3.53. The van der Waals surface area contributed by atoms with E-state index in [4.69, 9.17) is 93.2 Å². The van der Waals surface area contributed by atoms with Crippen molar-refractivity contribution < 1.29 is 120 Å². The van der Waals surface area contributed by atoms with E-state index in [1.807, 2.05) is 0 Å². The third kappa shape index (κ3) is 40.5. The summed E-state index contributed by atoms with van der Waals surface area (Å²) >= 11 is 12.8. The van der Waals surface area contributed by atoms with Gasteiger partial charge in [0.1, 0.15) is 88.3 Å². The molecule has 0 aromatic carbocycles. The molecule has 56 heteroatoms. The van der Waals surface area contributed by atoms with Crippen LogP contribution >= 0.6 is 106 Å². The standard InChI is InChI=1S/C14H25N3O3SSi.C14H24N2O4SSi.C10H12N2O5S.C8H11N3O3S.C8H10N2O4S.C8H12O5S.C6H10O4S.C4H8O3.C4H8O2S2/c1-14(2,3)22(4,5)19-8-12-20-11(9-21-12)17-7-6-10(15)16-13(17)18;1-14(2,3)22(4,5)19-8-12-20-11(9-21-12)16-7-6-10(17)15-13(16)18;1-2-16-8(14)9-17-7(5-18-9)12-4-3-6(13)11-10(12)15;9-5-1-2-11(8(13)10-5)6-4-15-7(3-12)14-6;11-3-7-14-6(4-15-7)10-2-1-5(12)9-8(10)13;1-3-11-7(10)8-13-6(4-14-8)12-5(2)9;1-2-9-5(8)6-10-4(7)3-11-6;1-2-6-7-4-3-5;5-3-1-7-4(6)2-8-3/h6-7,11-12H,8-9H2,1-5H3,(H2,15,16,18);6-7,11-12H,8-9H2,1-5H3,(H,15,17,18);3-4,7,9H,2,5H2,1H3,(H,11,13,15);1-2,6-7,12H,3-4H2,(H2,9,10,13);1-2,6-7,11H,3-4H2,(H,9,12,13);6,8H,3-4H2,1-2H3;4,6-7H,2-3H2,1H3;3H,2,4H2,1H3;3-6H,1-2H2. The number of aromatic amines is 3. The van der Waals surface area contributed by atoms with Crippen molar-refractivity contribution in [3.05, 3.63) is 145 Å². The summed E-state index contributed by atoms with van der Waals surface area (Å²) in [7, 11) is -3.58. The molecular formula is C76H120N12O33S9Si2. The highest BCUT2D eigenvalue weighted by Gasteiger charge is 2.42.